The fourth-order valence-corrected chi connectivity index (χ4v) is 1.34. The van der Waals surface area contributed by atoms with Crippen molar-refractivity contribution in [1.29, 1.82) is 0 Å². The van der Waals surface area contributed by atoms with Gasteiger partial charge in [0.15, 0.2) is 5.76 Å². The van der Waals surface area contributed by atoms with Gasteiger partial charge in [0.1, 0.15) is 24.1 Å². The van der Waals surface area contributed by atoms with Crippen LogP contribution in [0.1, 0.15) is 5.56 Å². The SMILES string of the molecule is Fc1cc(F)c(C(Cl)=C2CO2)c(F)c1. The fraction of sp³-hybridized carbons (Fsp3) is 0.111. The van der Waals surface area contributed by atoms with Gasteiger partial charge in [0.25, 0.3) is 0 Å². The van der Waals surface area contributed by atoms with Crippen LogP contribution in [-0.4, -0.2) is 6.61 Å². The first-order valence-corrected chi connectivity index (χ1v) is 4.13. The zero-order chi connectivity index (χ0) is 10.3. The van der Waals surface area contributed by atoms with Crippen LogP contribution in [0.5, 0.6) is 0 Å². The minimum Gasteiger partial charge on any atom is -0.485 e. The lowest BCUT2D eigenvalue weighted by Gasteiger charge is -2.01. The van der Waals surface area contributed by atoms with Gasteiger partial charge in [-0.05, 0) is 0 Å². The van der Waals surface area contributed by atoms with E-state index in [-0.39, 0.29) is 11.6 Å². The van der Waals surface area contributed by atoms with Gasteiger partial charge in [0.2, 0.25) is 0 Å². The van der Waals surface area contributed by atoms with Gasteiger partial charge >= 0.3 is 0 Å². The Bertz CT molecular complexity index is 399. The van der Waals surface area contributed by atoms with Crippen LogP contribution in [0.2, 0.25) is 0 Å². The van der Waals surface area contributed by atoms with E-state index in [9.17, 15) is 13.2 Å². The number of hydrogen-bond acceptors (Lipinski definition) is 1. The van der Waals surface area contributed by atoms with Gasteiger partial charge in [-0.15, -0.1) is 0 Å². The predicted octanol–water partition coefficient (Wildman–Crippen LogP) is 3.04. The Kier molecular flexibility index (Phi) is 2.15. The Hall–Kier alpha value is -1.16. The molecule has 1 aromatic carbocycles. The normalized spacial score (nSPS) is 17.7. The zero-order valence-electron chi connectivity index (χ0n) is 6.78. The molecule has 0 atom stereocenters. The lowest BCUT2D eigenvalue weighted by molar-refractivity contribution is 0.509. The molecule has 1 saturated heterocycles. The summed E-state index contributed by atoms with van der Waals surface area (Å²) in [5.41, 5.74) is -0.444. The first-order valence-electron chi connectivity index (χ1n) is 3.76. The molecule has 14 heavy (non-hydrogen) atoms. The highest BCUT2D eigenvalue weighted by Crippen LogP contribution is 2.34. The second-order valence-corrected chi connectivity index (χ2v) is 3.15. The summed E-state index contributed by atoms with van der Waals surface area (Å²) in [7, 11) is 0. The molecule has 0 radical (unpaired) electrons. The van der Waals surface area contributed by atoms with Gasteiger partial charge in [-0.2, -0.15) is 0 Å². The number of ether oxygens (including phenoxy) is 1. The van der Waals surface area contributed by atoms with Gasteiger partial charge < -0.3 is 4.74 Å². The van der Waals surface area contributed by atoms with Crippen molar-refractivity contribution in [2.75, 3.05) is 6.61 Å². The van der Waals surface area contributed by atoms with Crippen molar-refractivity contribution in [3.63, 3.8) is 0 Å². The van der Waals surface area contributed by atoms with Crippen molar-refractivity contribution >= 4 is 16.6 Å². The van der Waals surface area contributed by atoms with Crippen LogP contribution < -0.4 is 0 Å². The van der Waals surface area contributed by atoms with E-state index >= 15 is 0 Å². The standard InChI is InChI=1S/C9H4ClF3O/c10-9(7-3-14-7)8-5(12)1-4(11)2-6(8)13/h1-2H,3H2. The summed E-state index contributed by atoms with van der Waals surface area (Å²) in [6, 6.07) is 1.15. The summed E-state index contributed by atoms with van der Waals surface area (Å²) in [6.07, 6.45) is 0. The molecule has 1 nitrogen and oxygen atoms in total. The van der Waals surface area contributed by atoms with Gasteiger partial charge in [-0.3, -0.25) is 0 Å². The lowest BCUT2D eigenvalue weighted by Crippen LogP contribution is -1.93. The van der Waals surface area contributed by atoms with E-state index in [1.165, 1.54) is 0 Å². The third kappa shape index (κ3) is 1.57. The minimum absolute atomic E-state index is 0.139. The van der Waals surface area contributed by atoms with Gasteiger partial charge in [-0.25, -0.2) is 13.2 Å². The van der Waals surface area contributed by atoms with Crippen LogP contribution in [0.15, 0.2) is 17.9 Å². The molecule has 1 heterocycles. The quantitative estimate of drug-likeness (QED) is 0.663. The molecular weight excluding hydrogens is 217 g/mol. The summed E-state index contributed by atoms with van der Waals surface area (Å²) in [5, 5.41) is -0.139. The maximum absolute atomic E-state index is 13.1. The molecule has 0 N–H and O–H groups in total. The number of epoxide rings is 1. The number of rotatable bonds is 1. The fourth-order valence-electron chi connectivity index (χ4n) is 1.05. The molecule has 0 aliphatic carbocycles. The third-order valence-electron chi connectivity index (χ3n) is 1.76. The summed E-state index contributed by atoms with van der Waals surface area (Å²) < 4.78 is 43.4. The molecule has 1 aliphatic heterocycles. The number of halogens is 4. The minimum atomic E-state index is -1.03. The number of hydrogen-bond donors (Lipinski definition) is 0. The smallest absolute Gasteiger partial charge is 0.153 e. The average molecular weight is 221 g/mol. The molecule has 74 valence electrons. The zero-order valence-corrected chi connectivity index (χ0v) is 7.54. The third-order valence-corrected chi connectivity index (χ3v) is 2.16. The van der Waals surface area contributed by atoms with Crippen molar-refractivity contribution in [3.8, 4) is 0 Å². The Morgan fingerprint density at radius 1 is 1.21 bits per heavy atom. The topological polar surface area (TPSA) is 12.5 Å². The van der Waals surface area contributed by atoms with E-state index in [4.69, 9.17) is 11.6 Å². The molecule has 1 aromatic rings. The summed E-state index contributed by atoms with van der Waals surface area (Å²) in [6.45, 7) is 0.259. The first-order chi connectivity index (χ1) is 6.59. The van der Waals surface area contributed by atoms with Crippen molar-refractivity contribution in [2.24, 2.45) is 0 Å². The Labute approximate surface area is 82.7 Å². The van der Waals surface area contributed by atoms with Crippen molar-refractivity contribution in [1.82, 2.24) is 0 Å². The molecule has 1 aliphatic rings. The summed E-state index contributed by atoms with van der Waals surface area (Å²) in [4.78, 5) is 0. The summed E-state index contributed by atoms with van der Waals surface area (Å²) >= 11 is 5.62. The van der Waals surface area contributed by atoms with Crippen LogP contribution >= 0.6 is 11.6 Å². The van der Waals surface area contributed by atoms with E-state index in [1.807, 2.05) is 0 Å². The molecule has 0 unspecified atom stereocenters. The molecule has 5 heteroatoms. The van der Waals surface area contributed by atoms with E-state index in [0.717, 1.165) is 0 Å². The molecular formula is C9H4ClF3O. The Morgan fingerprint density at radius 3 is 2.14 bits per heavy atom. The maximum atomic E-state index is 13.1. The van der Waals surface area contributed by atoms with Crippen LogP contribution in [0.25, 0.3) is 5.03 Å². The molecule has 0 saturated carbocycles. The monoisotopic (exact) mass is 220 g/mol. The number of benzene rings is 1. The van der Waals surface area contributed by atoms with Gasteiger partial charge in [0.05, 0.1) is 10.6 Å². The molecule has 0 spiro atoms. The van der Waals surface area contributed by atoms with Crippen LogP contribution in [0.4, 0.5) is 13.2 Å². The highest BCUT2D eigenvalue weighted by atomic mass is 35.5. The average Bonchev–Trinajstić information content (AvgIpc) is 2.83. The lowest BCUT2D eigenvalue weighted by atomic mass is 10.1. The van der Waals surface area contributed by atoms with Crippen LogP contribution in [-0.2, 0) is 4.74 Å². The molecule has 1 fully saturated rings. The van der Waals surface area contributed by atoms with Crippen molar-refractivity contribution < 1.29 is 17.9 Å². The first kappa shape index (κ1) is 9.40. The van der Waals surface area contributed by atoms with Crippen molar-refractivity contribution in [2.45, 2.75) is 0 Å². The molecule has 0 bridgehead atoms. The van der Waals surface area contributed by atoms with E-state index in [2.05, 4.69) is 4.74 Å². The van der Waals surface area contributed by atoms with E-state index < -0.39 is 23.0 Å². The highest BCUT2D eigenvalue weighted by molar-refractivity contribution is 6.49. The van der Waals surface area contributed by atoms with Crippen LogP contribution in [0.3, 0.4) is 0 Å². The predicted molar refractivity (Wildman–Crippen MR) is 45.0 cm³/mol. The highest BCUT2D eigenvalue weighted by Gasteiger charge is 2.25. The van der Waals surface area contributed by atoms with Gasteiger partial charge in [0, 0.05) is 12.1 Å². The van der Waals surface area contributed by atoms with Crippen molar-refractivity contribution in [3.05, 3.63) is 40.9 Å². The molecule has 0 aromatic heterocycles. The maximum Gasteiger partial charge on any atom is 0.153 e. The second-order valence-electron chi connectivity index (χ2n) is 2.77. The van der Waals surface area contributed by atoms with E-state index in [0.29, 0.717) is 17.9 Å². The second kappa shape index (κ2) is 3.20. The van der Waals surface area contributed by atoms with E-state index in [1.54, 1.807) is 0 Å². The largest absolute Gasteiger partial charge is 0.485 e. The molecule has 2 rings (SSSR count). The Morgan fingerprint density at radius 2 is 1.71 bits per heavy atom. The Balaban J connectivity index is 2.58. The molecule has 0 amide bonds. The van der Waals surface area contributed by atoms with Crippen LogP contribution in [0, 0.1) is 17.5 Å². The van der Waals surface area contributed by atoms with Gasteiger partial charge in [-0.1, -0.05) is 11.6 Å². The summed E-state index contributed by atoms with van der Waals surface area (Å²) in [5.74, 6) is -2.72.